The van der Waals surface area contributed by atoms with Crippen molar-refractivity contribution in [2.24, 2.45) is 0 Å². The number of amides is 1. The van der Waals surface area contributed by atoms with Gasteiger partial charge in [-0.25, -0.2) is 4.68 Å². The van der Waals surface area contributed by atoms with E-state index in [2.05, 4.69) is 5.32 Å². The van der Waals surface area contributed by atoms with Crippen LogP contribution in [0.3, 0.4) is 0 Å². The van der Waals surface area contributed by atoms with Gasteiger partial charge in [0.15, 0.2) is 0 Å². The smallest absolute Gasteiger partial charge is 0.256 e. The third-order valence-corrected chi connectivity index (χ3v) is 5.42. The molecular weight excluding hydrogens is 362 g/mol. The summed E-state index contributed by atoms with van der Waals surface area (Å²) in [5, 5.41) is 7.76. The van der Waals surface area contributed by atoms with Gasteiger partial charge in [-0.1, -0.05) is 0 Å². The lowest BCUT2D eigenvalue weighted by Crippen LogP contribution is -2.16. The molecule has 6 nitrogen and oxygen atoms in total. The van der Waals surface area contributed by atoms with Crippen LogP contribution in [0.5, 0.6) is 11.5 Å². The summed E-state index contributed by atoms with van der Waals surface area (Å²) >= 11 is 1.80. The summed E-state index contributed by atoms with van der Waals surface area (Å²) in [6, 6.07) is 14.7. The lowest BCUT2D eigenvalue weighted by molar-refractivity contribution is 0.102. The van der Waals surface area contributed by atoms with Crippen LogP contribution >= 0.6 is 11.8 Å². The van der Waals surface area contributed by atoms with E-state index in [1.807, 2.05) is 24.3 Å². The fourth-order valence-electron chi connectivity index (χ4n) is 2.97. The average molecular weight is 381 g/mol. The lowest BCUT2D eigenvalue weighted by atomic mass is 10.2. The molecule has 0 bridgehead atoms. The first-order valence-electron chi connectivity index (χ1n) is 8.48. The average Bonchev–Trinajstić information content (AvgIpc) is 3.31. The first-order valence-corrected chi connectivity index (χ1v) is 9.63. The van der Waals surface area contributed by atoms with Crippen LogP contribution in [0.15, 0.2) is 48.5 Å². The summed E-state index contributed by atoms with van der Waals surface area (Å²) < 4.78 is 12.2. The summed E-state index contributed by atoms with van der Waals surface area (Å²) in [4.78, 5) is 12.8. The van der Waals surface area contributed by atoms with E-state index >= 15 is 0 Å². The number of fused-ring (bicyclic) bond motifs is 1. The maximum atomic E-state index is 12.8. The van der Waals surface area contributed by atoms with E-state index in [4.69, 9.17) is 14.6 Å². The fourth-order valence-corrected chi connectivity index (χ4v) is 4.01. The van der Waals surface area contributed by atoms with Crippen LogP contribution < -0.4 is 14.8 Å². The molecule has 3 aromatic rings. The minimum absolute atomic E-state index is 0.174. The monoisotopic (exact) mass is 381 g/mol. The third-order valence-electron chi connectivity index (χ3n) is 4.45. The van der Waals surface area contributed by atoms with Gasteiger partial charge in [0, 0.05) is 22.6 Å². The lowest BCUT2D eigenvalue weighted by Gasteiger charge is -2.12. The minimum atomic E-state index is -0.174. The van der Waals surface area contributed by atoms with Crippen molar-refractivity contribution in [3.63, 3.8) is 0 Å². The number of aromatic nitrogens is 2. The molecular formula is C20H19N3O3S. The molecule has 1 N–H and O–H groups in total. The van der Waals surface area contributed by atoms with E-state index in [9.17, 15) is 4.79 Å². The molecule has 2 aromatic carbocycles. The normalized spacial score (nSPS) is 12.5. The van der Waals surface area contributed by atoms with Crippen LogP contribution in [0.4, 0.5) is 5.82 Å². The number of rotatable bonds is 5. The van der Waals surface area contributed by atoms with Crippen LogP contribution in [-0.4, -0.2) is 29.9 Å². The molecule has 0 spiro atoms. The predicted octanol–water partition coefficient (Wildman–Crippen LogP) is 3.89. The zero-order valence-corrected chi connectivity index (χ0v) is 15.9. The number of carbonyl (C=O) groups excluding carboxylic acids is 1. The SMILES string of the molecule is COc1ccc(C(=O)Nc2c3c(nn2-c2ccc(OC)cc2)CSC3)cc1. The molecule has 4 rings (SSSR count). The molecule has 1 aliphatic rings. The molecule has 1 aliphatic heterocycles. The highest BCUT2D eigenvalue weighted by atomic mass is 32.2. The van der Waals surface area contributed by atoms with Crippen molar-refractivity contribution in [2.45, 2.75) is 11.5 Å². The second kappa shape index (κ2) is 7.36. The third kappa shape index (κ3) is 3.38. The molecule has 1 amide bonds. The number of hydrogen-bond donors (Lipinski definition) is 1. The number of carbonyl (C=O) groups is 1. The Morgan fingerprint density at radius 2 is 1.63 bits per heavy atom. The van der Waals surface area contributed by atoms with Gasteiger partial charge in [-0.15, -0.1) is 0 Å². The molecule has 1 aromatic heterocycles. The largest absolute Gasteiger partial charge is 0.497 e. The number of ether oxygens (including phenoxy) is 2. The number of benzene rings is 2. The maximum Gasteiger partial charge on any atom is 0.256 e. The van der Waals surface area contributed by atoms with Gasteiger partial charge < -0.3 is 14.8 Å². The molecule has 27 heavy (non-hydrogen) atoms. The Kier molecular flexibility index (Phi) is 4.77. The molecule has 0 atom stereocenters. The molecule has 0 saturated heterocycles. The van der Waals surface area contributed by atoms with Gasteiger partial charge in [0.2, 0.25) is 0 Å². The maximum absolute atomic E-state index is 12.8. The van der Waals surface area contributed by atoms with Crippen molar-refractivity contribution < 1.29 is 14.3 Å². The van der Waals surface area contributed by atoms with Crippen molar-refractivity contribution >= 4 is 23.5 Å². The minimum Gasteiger partial charge on any atom is -0.497 e. The molecule has 0 saturated carbocycles. The number of methoxy groups -OCH3 is 2. The van der Waals surface area contributed by atoms with Crippen LogP contribution in [-0.2, 0) is 11.5 Å². The summed E-state index contributed by atoms with van der Waals surface area (Å²) in [5.74, 6) is 3.73. The highest BCUT2D eigenvalue weighted by molar-refractivity contribution is 7.98. The van der Waals surface area contributed by atoms with Gasteiger partial charge in [0.25, 0.3) is 5.91 Å². The van der Waals surface area contributed by atoms with E-state index in [1.165, 1.54) is 0 Å². The Hall–Kier alpha value is -2.93. The quantitative estimate of drug-likeness (QED) is 0.726. The van der Waals surface area contributed by atoms with Crippen LogP contribution in [0.2, 0.25) is 0 Å². The van der Waals surface area contributed by atoms with Gasteiger partial charge in [-0.3, -0.25) is 4.79 Å². The van der Waals surface area contributed by atoms with E-state index in [0.29, 0.717) is 11.3 Å². The topological polar surface area (TPSA) is 65.4 Å². The number of nitrogens with zero attached hydrogens (tertiary/aromatic N) is 2. The van der Waals surface area contributed by atoms with Crippen molar-refractivity contribution in [3.05, 3.63) is 65.4 Å². The van der Waals surface area contributed by atoms with Crippen LogP contribution in [0.1, 0.15) is 21.6 Å². The van der Waals surface area contributed by atoms with E-state index < -0.39 is 0 Å². The molecule has 138 valence electrons. The van der Waals surface area contributed by atoms with Crippen molar-refractivity contribution in [1.82, 2.24) is 9.78 Å². The molecule has 0 aliphatic carbocycles. The second-order valence-corrected chi connectivity index (χ2v) is 7.04. The van der Waals surface area contributed by atoms with Gasteiger partial charge in [-0.2, -0.15) is 16.9 Å². The first-order chi connectivity index (χ1) is 13.2. The second-order valence-electron chi connectivity index (χ2n) is 6.06. The standard InChI is InChI=1S/C20H19N3O3S/c1-25-15-7-3-13(4-8-15)20(24)21-19-17-11-27-12-18(17)22-23(19)14-5-9-16(26-2)10-6-14/h3-10H,11-12H2,1-2H3,(H,21,24). The molecule has 0 radical (unpaired) electrons. The van der Waals surface area contributed by atoms with Gasteiger partial charge in [-0.05, 0) is 48.5 Å². The van der Waals surface area contributed by atoms with E-state index in [1.54, 1.807) is 54.9 Å². The van der Waals surface area contributed by atoms with Crippen molar-refractivity contribution in [2.75, 3.05) is 19.5 Å². The Balaban J connectivity index is 1.67. The zero-order chi connectivity index (χ0) is 18.8. The predicted molar refractivity (Wildman–Crippen MR) is 106 cm³/mol. The Bertz CT molecular complexity index is 965. The van der Waals surface area contributed by atoms with Gasteiger partial charge >= 0.3 is 0 Å². The first kappa shape index (κ1) is 17.5. The Morgan fingerprint density at radius 1 is 1.00 bits per heavy atom. The van der Waals surface area contributed by atoms with Crippen LogP contribution in [0.25, 0.3) is 5.69 Å². The molecule has 2 heterocycles. The highest BCUT2D eigenvalue weighted by Crippen LogP contribution is 2.36. The number of hydrogen-bond acceptors (Lipinski definition) is 5. The summed E-state index contributed by atoms with van der Waals surface area (Å²) in [6.45, 7) is 0. The summed E-state index contributed by atoms with van der Waals surface area (Å²) in [7, 11) is 3.23. The Labute approximate surface area is 161 Å². The number of anilines is 1. The zero-order valence-electron chi connectivity index (χ0n) is 15.1. The number of thioether (sulfide) groups is 1. The van der Waals surface area contributed by atoms with Crippen molar-refractivity contribution in [1.29, 1.82) is 0 Å². The summed E-state index contributed by atoms with van der Waals surface area (Å²) in [6.07, 6.45) is 0. The summed E-state index contributed by atoms with van der Waals surface area (Å²) in [5.41, 5.74) is 3.54. The van der Waals surface area contributed by atoms with Gasteiger partial charge in [0.1, 0.15) is 17.3 Å². The Morgan fingerprint density at radius 3 is 2.26 bits per heavy atom. The molecule has 7 heteroatoms. The van der Waals surface area contributed by atoms with E-state index in [-0.39, 0.29) is 5.91 Å². The fraction of sp³-hybridized carbons (Fsp3) is 0.200. The number of nitrogens with one attached hydrogen (secondary N) is 1. The highest BCUT2D eigenvalue weighted by Gasteiger charge is 2.25. The molecule has 0 fully saturated rings. The van der Waals surface area contributed by atoms with Crippen molar-refractivity contribution in [3.8, 4) is 17.2 Å². The molecule has 0 unspecified atom stereocenters. The van der Waals surface area contributed by atoms with Gasteiger partial charge in [0.05, 0.1) is 25.6 Å². The van der Waals surface area contributed by atoms with Crippen LogP contribution in [0, 0.1) is 0 Å². The van der Waals surface area contributed by atoms with E-state index in [0.717, 1.165) is 40.0 Å².